The van der Waals surface area contributed by atoms with E-state index in [2.05, 4.69) is 0 Å². The molecule has 0 unspecified atom stereocenters. The fraction of sp³-hybridized carbons (Fsp3) is 0.833. The molecule has 1 rings (SSSR count). The molecule has 0 aromatic heterocycles. The van der Waals surface area contributed by atoms with Crippen molar-refractivity contribution in [3.63, 3.8) is 0 Å². The summed E-state index contributed by atoms with van der Waals surface area (Å²) in [5.74, 6) is -0.934. The van der Waals surface area contributed by atoms with Gasteiger partial charge in [0.05, 0.1) is 0 Å². The van der Waals surface area contributed by atoms with Gasteiger partial charge in [0.1, 0.15) is 6.54 Å². The van der Waals surface area contributed by atoms with Gasteiger partial charge in [0.15, 0.2) is 0 Å². The predicted octanol–water partition coefficient (Wildman–Crippen LogP) is 0.971. The zero-order valence-electron chi connectivity index (χ0n) is 10.2. The molecule has 1 aliphatic rings. The first-order valence-corrected chi connectivity index (χ1v) is 6.36. The minimum atomic E-state index is -0.923. The summed E-state index contributed by atoms with van der Waals surface area (Å²) in [6.45, 7) is 0.549. The van der Waals surface area contributed by atoms with E-state index in [9.17, 15) is 9.59 Å². The van der Waals surface area contributed by atoms with Gasteiger partial charge >= 0.3 is 5.97 Å². The van der Waals surface area contributed by atoms with E-state index >= 15 is 0 Å². The number of unbranched alkanes of at least 4 members (excludes halogenated alkanes) is 3. The molecule has 1 fully saturated rings. The molecule has 0 aromatic rings. The average molecular weight is 242 g/mol. The van der Waals surface area contributed by atoms with Gasteiger partial charge in [-0.15, -0.1) is 0 Å². The highest BCUT2D eigenvalue weighted by Gasteiger charge is 2.33. The number of nitrogens with zero attached hydrogens (tertiary/aromatic N) is 1. The molecule has 17 heavy (non-hydrogen) atoms. The number of carboxylic acid groups (broad SMARTS) is 1. The molecule has 0 aromatic carbocycles. The number of hydrogen-bond acceptors (Lipinski definition) is 3. The molecule has 0 aliphatic heterocycles. The van der Waals surface area contributed by atoms with Crippen molar-refractivity contribution < 1.29 is 14.7 Å². The zero-order chi connectivity index (χ0) is 12.7. The van der Waals surface area contributed by atoms with Crippen LogP contribution < -0.4 is 5.73 Å². The molecule has 1 aliphatic carbocycles. The smallest absolute Gasteiger partial charge is 0.323 e. The molecular weight excluding hydrogens is 220 g/mol. The Morgan fingerprint density at radius 3 is 2.35 bits per heavy atom. The highest BCUT2D eigenvalue weighted by Crippen LogP contribution is 2.27. The Kier molecular flexibility index (Phi) is 5.97. The lowest BCUT2D eigenvalue weighted by atomic mass is 10.1. The Bertz CT molecular complexity index is 264. The highest BCUT2D eigenvalue weighted by atomic mass is 16.4. The van der Waals surface area contributed by atoms with Gasteiger partial charge in [-0.1, -0.05) is 12.8 Å². The molecule has 0 heterocycles. The van der Waals surface area contributed by atoms with Crippen LogP contribution in [-0.2, 0) is 9.59 Å². The Balaban J connectivity index is 2.20. The lowest BCUT2D eigenvalue weighted by molar-refractivity contribution is -0.145. The molecule has 3 N–H and O–H groups in total. The fourth-order valence-corrected chi connectivity index (χ4v) is 1.87. The standard InChI is InChI=1S/C12H22N2O3/c13-8-4-2-1-3-5-11(15)14(9-12(16)17)10-6-7-10/h10H,1-9,13H2,(H,16,17). The van der Waals surface area contributed by atoms with Gasteiger partial charge in [0, 0.05) is 12.5 Å². The van der Waals surface area contributed by atoms with Crippen molar-refractivity contribution in [1.29, 1.82) is 0 Å². The molecule has 1 saturated carbocycles. The SMILES string of the molecule is NCCCCCCC(=O)N(CC(=O)O)C1CC1. The fourth-order valence-electron chi connectivity index (χ4n) is 1.87. The van der Waals surface area contributed by atoms with Crippen molar-refractivity contribution >= 4 is 11.9 Å². The summed E-state index contributed by atoms with van der Waals surface area (Å²) >= 11 is 0. The van der Waals surface area contributed by atoms with Crippen LogP contribution in [0.4, 0.5) is 0 Å². The third-order valence-corrected chi connectivity index (χ3v) is 2.96. The Labute approximate surface area is 102 Å². The van der Waals surface area contributed by atoms with Crippen LogP contribution in [-0.4, -0.2) is 41.0 Å². The summed E-state index contributed by atoms with van der Waals surface area (Å²) in [4.78, 5) is 24.0. The second kappa shape index (κ2) is 7.27. The molecule has 0 radical (unpaired) electrons. The topological polar surface area (TPSA) is 83.6 Å². The van der Waals surface area contributed by atoms with Crippen molar-refractivity contribution in [3.8, 4) is 0 Å². The van der Waals surface area contributed by atoms with E-state index in [1.165, 1.54) is 4.90 Å². The molecule has 0 saturated heterocycles. The third-order valence-electron chi connectivity index (χ3n) is 2.96. The molecule has 1 amide bonds. The van der Waals surface area contributed by atoms with Gasteiger partial charge in [-0.05, 0) is 32.2 Å². The lowest BCUT2D eigenvalue weighted by Crippen LogP contribution is -2.37. The van der Waals surface area contributed by atoms with Crippen molar-refractivity contribution in [3.05, 3.63) is 0 Å². The van der Waals surface area contributed by atoms with Gasteiger partial charge in [0.25, 0.3) is 0 Å². The van der Waals surface area contributed by atoms with Crippen LogP contribution in [0.15, 0.2) is 0 Å². The summed E-state index contributed by atoms with van der Waals surface area (Å²) in [6.07, 6.45) is 6.24. The van der Waals surface area contributed by atoms with Crippen molar-refractivity contribution in [1.82, 2.24) is 4.90 Å². The van der Waals surface area contributed by atoms with Crippen molar-refractivity contribution in [2.75, 3.05) is 13.1 Å². The van der Waals surface area contributed by atoms with Crippen LogP contribution in [0.1, 0.15) is 44.9 Å². The molecule has 0 bridgehead atoms. The van der Waals surface area contributed by atoms with Gasteiger partial charge < -0.3 is 15.7 Å². The number of carbonyl (C=O) groups excluding carboxylic acids is 1. The van der Waals surface area contributed by atoms with E-state index in [4.69, 9.17) is 10.8 Å². The first kappa shape index (κ1) is 14.0. The molecular formula is C12H22N2O3. The molecule has 5 nitrogen and oxygen atoms in total. The molecule has 5 heteroatoms. The predicted molar refractivity (Wildman–Crippen MR) is 64.5 cm³/mol. The molecule has 0 spiro atoms. The van der Waals surface area contributed by atoms with Gasteiger partial charge in [0.2, 0.25) is 5.91 Å². The van der Waals surface area contributed by atoms with E-state index < -0.39 is 5.97 Å². The van der Waals surface area contributed by atoms with Crippen molar-refractivity contribution in [2.24, 2.45) is 5.73 Å². The van der Waals surface area contributed by atoms with E-state index in [0.717, 1.165) is 38.5 Å². The van der Waals surface area contributed by atoms with E-state index in [0.29, 0.717) is 13.0 Å². The maximum atomic E-state index is 11.8. The third kappa shape index (κ3) is 5.68. The highest BCUT2D eigenvalue weighted by molar-refractivity contribution is 5.81. The zero-order valence-corrected chi connectivity index (χ0v) is 10.2. The first-order valence-electron chi connectivity index (χ1n) is 6.36. The van der Waals surface area contributed by atoms with E-state index in [1.54, 1.807) is 0 Å². The molecule has 98 valence electrons. The number of carbonyl (C=O) groups is 2. The normalized spacial score (nSPS) is 14.6. The number of rotatable bonds is 9. The van der Waals surface area contributed by atoms with Crippen LogP contribution in [0.5, 0.6) is 0 Å². The van der Waals surface area contributed by atoms with Crippen molar-refractivity contribution in [2.45, 2.75) is 51.0 Å². The second-order valence-corrected chi connectivity index (χ2v) is 4.60. The summed E-state index contributed by atoms with van der Waals surface area (Å²) in [6, 6.07) is 0.183. The van der Waals surface area contributed by atoms with Crippen LogP contribution in [0, 0.1) is 0 Å². The van der Waals surface area contributed by atoms with Crippen LogP contribution in [0.3, 0.4) is 0 Å². The monoisotopic (exact) mass is 242 g/mol. The quantitative estimate of drug-likeness (QED) is 0.590. The Morgan fingerprint density at radius 2 is 1.82 bits per heavy atom. The minimum Gasteiger partial charge on any atom is -0.480 e. The maximum Gasteiger partial charge on any atom is 0.323 e. The van der Waals surface area contributed by atoms with Gasteiger partial charge in [-0.3, -0.25) is 9.59 Å². The summed E-state index contributed by atoms with van der Waals surface area (Å²) in [5.41, 5.74) is 5.38. The summed E-state index contributed by atoms with van der Waals surface area (Å²) in [5, 5.41) is 8.74. The molecule has 0 atom stereocenters. The number of carboxylic acids is 1. The minimum absolute atomic E-state index is 0.0114. The number of amides is 1. The number of hydrogen-bond donors (Lipinski definition) is 2. The van der Waals surface area contributed by atoms with Crippen LogP contribution in [0.25, 0.3) is 0 Å². The number of nitrogens with two attached hydrogens (primary N) is 1. The Morgan fingerprint density at radius 1 is 1.18 bits per heavy atom. The Hall–Kier alpha value is -1.10. The second-order valence-electron chi connectivity index (χ2n) is 4.60. The lowest BCUT2D eigenvalue weighted by Gasteiger charge is -2.20. The van der Waals surface area contributed by atoms with Gasteiger partial charge in [-0.2, -0.15) is 0 Å². The largest absolute Gasteiger partial charge is 0.480 e. The van der Waals surface area contributed by atoms with E-state index in [1.807, 2.05) is 0 Å². The summed E-state index contributed by atoms with van der Waals surface area (Å²) in [7, 11) is 0. The maximum absolute atomic E-state index is 11.8. The number of aliphatic carboxylic acids is 1. The van der Waals surface area contributed by atoms with Crippen LogP contribution >= 0.6 is 0 Å². The van der Waals surface area contributed by atoms with E-state index in [-0.39, 0.29) is 18.5 Å². The first-order chi connectivity index (χ1) is 8.15. The van der Waals surface area contributed by atoms with Gasteiger partial charge in [-0.25, -0.2) is 0 Å². The average Bonchev–Trinajstić information content (AvgIpc) is 3.09. The van der Waals surface area contributed by atoms with Crippen LogP contribution in [0.2, 0.25) is 0 Å². The summed E-state index contributed by atoms with van der Waals surface area (Å²) < 4.78 is 0.